The molecule has 1 fully saturated rings. The minimum atomic E-state index is -0.483. The molecule has 1 saturated carbocycles. The summed E-state index contributed by atoms with van der Waals surface area (Å²) in [6.07, 6.45) is 3.70. The zero-order valence-electron chi connectivity index (χ0n) is 8.69. The lowest BCUT2D eigenvalue weighted by Gasteiger charge is -2.18. The Morgan fingerprint density at radius 3 is 2.50 bits per heavy atom. The van der Waals surface area contributed by atoms with Gasteiger partial charge in [-0.2, -0.15) is 11.8 Å². The number of hydrogen-bond acceptors (Lipinski definition) is 4. The topological polar surface area (TPSA) is 50.9 Å². The van der Waals surface area contributed by atoms with E-state index in [2.05, 4.69) is 10.2 Å². The van der Waals surface area contributed by atoms with Crippen LogP contribution in [0.1, 0.15) is 30.6 Å². The Kier molecular flexibility index (Phi) is 2.31. The van der Waals surface area contributed by atoms with E-state index in [1.807, 2.05) is 24.8 Å². The van der Waals surface area contributed by atoms with Crippen LogP contribution in [0.15, 0.2) is 0 Å². The van der Waals surface area contributed by atoms with Crippen LogP contribution in [-0.2, 0) is 7.05 Å². The normalized spacial score (nSPS) is 20.9. The Labute approximate surface area is 87.7 Å². The van der Waals surface area contributed by atoms with Gasteiger partial charge in [-0.15, -0.1) is 10.2 Å². The molecule has 0 spiro atoms. The predicted molar refractivity (Wildman–Crippen MR) is 56.2 cm³/mol. The van der Waals surface area contributed by atoms with Crippen molar-refractivity contribution in [3.05, 3.63) is 11.6 Å². The summed E-state index contributed by atoms with van der Waals surface area (Å²) in [5, 5.41) is 18.1. The van der Waals surface area contributed by atoms with Gasteiger partial charge in [0.1, 0.15) is 11.9 Å². The minimum absolute atomic E-state index is 0.00718. The number of hydrogen-bond donors (Lipinski definition) is 1. The number of aliphatic hydroxyl groups excluding tert-OH is 1. The van der Waals surface area contributed by atoms with Gasteiger partial charge in [0.25, 0.3) is 0 Å². The van der Waals surface area contributed by atoms with Crippen LogP contribution in [-0.4, -0.2) is 30.9 Å². The maximum atomic E-state index is 10.2. The van der Waals surface area contributed by atoms with E-state index in [1.54, 1.807) is 11.8 Å². The van der Waals surface area contributed by atoms with Crippen LogP contribution in [0.4, 0.5) is 0 Å². The predicted octanol–water partition coefficient (Wildman–Crippen LogP) is 1.05. The molecule has 1 aromatic rings. The molecule has 1 aromatic heterocycles. The molecular formula is C9H15N3OS. The zero-order chi connectivity index (χ0) is 10.3. The number of aromatic nitrogens is 3. The third-order valence-corrected chi connectivity index (χ3v) is 4.46. The first kappa shape index (κ1) is 9.98. The summed E-state index contributed by atoms with van der Waals surface area (Å²) in [5.41, 5.74) is 0. The molecule has 1 atom stereocenters. The molecule has 0 aromatic carbocycles. The van der Waals surface area contributed by atoms with Gasteiger partial charge in [-0.1, -0.05) is 0 Å². The highest BCUT2D eigenvalue weighted by molar-refractivity contribution is 8.00. The highest BCUT2D eigenvalue weighted by Crippen LogP contribution is 2.55. The molecule has 2 rings (SSSR count). The van der Waals surface area contributed by atoms with E-state index >= 15 is 0 Å². The van der Waals surface area contributed by atoms with Gasteiger partial charge in [-0.25, -0.2) is 0 Å². The van der Waals surface area contributed by atoms with Gasteiger partial charge in [0, 0.05) is 11.8 Å². The van der Waals surface area contributed by atoms with Crippen molar-refractivity contribution < 1.29 is 5.11 Å². The lowest BCUT2D eigenvalue weighted by atomic mass is 10.2. The van der Waals surface area contributed by atoms with Crippen molar-refractivity contribution >= 4 is 11.8 Å². The van der Waals surface area contributed by atoms with Gasteiger partial charge < -0.3 is 9.67 Å². The molecule has 0 aliphatic heterocycles. The summed E-state index contributed by atoms with van der Waals surface area (Å²) >= 11 is 1.73. The Hall–Kier alpha value is -0.550. The smallest absolute Gasteiger partial charge is 0.163 e. The van der Waals surface area contributed by atoms with E-state index in [4.69, 9.17) is 0 Å². The van der Waals surface area contributed by atoms with Gasteiger partial charge in [-0.3, -0.25) is 0 Å². The van der Waals surface area contributed by atoms with Crippen molar-refractivity contribution in [1.82, 2.24) is 14.8 Å². The minimum Gasteiger partial charge on any atom is -0.384 e. The van der Waals surface area contributed by atoms with Crippen LogP contribution in [0.5, 0.6) is 0 Å². The van der Waals surface area contributed by atoms with Crippen LogP contribution in [0.2, 0.25) is 0 Å². The molecule has 1 N–H and O–H groups in total. The summed E-state index contributed by atoms with van der Waals surface area (Å²) in [6.45, 7) is 1.89. The first-order chi connectivity index (χ1) is 6.60. The first-order valence-electron chi connectivity index (χ1n) is 4.70. The highest BCUT2D eigenvalue weighted by atomic mass is 32.2. The first-order valence-corrected chi connectivity index (χ1v) is 5.92. The van der Waals surface area contributed by atoms with Gasteiger partial charge >= 0.3 is 0 Å². The van der Waals surface area contributed by atoms with E-state index in [0.29, 0.717) is 5.82 Å². The monoisotopic (exact) mass is 213 g/mol. The quantitative estimate of drug-likeness (QED) is 0.815. The summed E-state index contributed by atoms with van der Waals surface area (Å²) in [7, 11) is 1.89. The molecular weight excluding hydrogens is 198 g/mol. The van der Waals surface area contributed by atoms with Crippen LogP contribution < -0.4 is 0 Å². The van der Waals surface area contributed by atoms with E-state index in [-0.39, 0.29) is 4.75 Å². The van der Waals surface area contributed by atoms with Gasteiger partial charge in [-0.05, 0) is 26.0 Å². The number of thioether (sulfide) groups is 1. The fraction of sp³-hybridized carbons (Fsp3) is 0.778. The second-order valence-corrected chi connectivity index (χ2v) is 5.06. The van der Waals surface area contributed by atoms with Gasteiger partial charge in [0.15, 0.2) is 5.82 Å². The average molecular weight is 213 g/mol. The van der Waals surface area contributed by atoms with Crippen molar-refractivity contribution in [2.24, 2.45) is 7.05 Å². The molecule has 5 heteroatoms. The van der Waals surface area contributed by atoms with Crippen LogP contribution in [0.25, 0.3) is 0 Å². The third-order valence-electron chi connectivity index (χ3n) is 3.02. The maximum Gasteiger partial charge on any atom is 0.163 e. The molecule has 1 heterocycles. The fourth-order valence-electron chi connectivity index (χ4n) is 1.61. The zero-order valence-corrected chi connectivity index (χ0v) is 9.51. The van der Waals surface area contributed by atoms with Crippen LogP contribution >= 0.6 is 11.8 Å². The molecule has 0 radical (unpaired) electrons. The van der Waals surface area contributed by atoms with E-state index in [0.717, 1.165) is 18.7 Å². The fourth-order valence-corrected chi connectivity index (χ4v) is 2.45. The average Bonchev–Trinajstić information content (AvgIpc) is 2.91. The van der Waals surface area contributed by atoms with E-state index in [9.17, 15) is 5.11 Å². The largest absolute Gasteiger partial charge is 0.384 e. The Morgan fingerprint density at radius 2 is 2.14 bits per heavy atom. The molecule has 1 aliphatic carbocycles. The van der Waals surface area contributed by atoms with Gasteiger partial charge in [0.05, 0.1) is 0 Å². The van der Waals surface area contributed by atoms with E-state index < -0.39 is 6.10 Å². The van der Waals surface area contributed by atoms with Crippen LogP contribution in [0, 0.1) is 6.92 Å². The van der Waals surface area contributed by atoms with Crippen molar-refractivity contribution in [1.29, 1.82) is 0 Å². The van der Waals surface area contributed by atoms with Crippen molar-refractivity contribution in [2.45, 2.75) is 30.6 Å². The standard InChI is InChI=1S/C9H15N3OS/c1-6-10-11-8(12(6)2)7(13)9(14-3)4-5-9/h7,13H,4-5H2,1-3H3. The molecule has 1 unspecified atom stereocenters. The summed E-state index contributed by atoms with van der Waals surface area (Å²) in [6, 6.07) is 0. The van der Waals surface area contributed by atoms with Crippen LogP contribution in [0.3, 0.4) is 0 Å². The highest BCUT2D eigenvalue weighted by Gasteiger charge is 2.50. The molecule has 0 amide bonds. The summed E-state index contributed by atoms with van der Waals surface area (Å²) < 4.78 is 1.87. The lowest BCUT2D eigenvalue weighted by molar-refractivity contribution is 0.153. The van der Waals surface area contributed by atoms with Crippen molar-refractivity contribution in [3.63, 3.8) is 0 Å². The molecule has 14 heavy (non-hydrogen) atoms. The molecule has 4 nitrogen and oxygen atoms in total. The van der Waals surface area contributed by atoms with E-state index in [1.165, 1.54) is 0 Å². The van der Waals surface area contributed by atoms with Gasteiger partial charge in [0.2, 0.25) is 0 Å². The lowest BCUT2D eigenvalue weighted by Crippen LogP contribution is -2.19. The second-order valence-electron chi connectivity index (χ2n) is 3.84. The number of nitrogens with zero attached hydrogens (tertiary/aromatic N) is 3. The van der Waals surface area contributed by atoms with Crippen molar-refractivity contribution in [2.75, 3.05) is 6.26 Å². The third kappa shape index (κ3) is 1.35. The number of rotatable bonds is 3. The Bertz CT molecular complexity index is 346. The number of aryl methyl sites for hydroxylation is 1. The molecule has 0 saturated heterocycles. The summed E-state index contributed by atoms with van der Waals surface area (Å²) in [4.78, 5) is 0. The summed E-state index contributed by atoms with van der Waals surface area (Å²) in [5.74, 6) is 1.53. The Balaban J connectivity index is 2.27. The maximum absolute atomic E-state index is 10.2. The SMILES string of the molecule is CSC1(C(O)c2nnc(C)n2C)CC1. The molecule has 1 aliphatic rings. The second kappa shape index (κ2) is 3.24. The number of aliphatic hydroxyl groups is 1. The van der Waals surface area contributed by atoms with Crippen molar-refractivity contribution in [3.8, 4) is 0 Å². The molecule has 0 bridgehead atoms. The molecule has 78 valence electrons. The Morgan fingerprint density at radius 1 is 1.50 bits per heavy atom.